The van der Waals surface area contributed by atoms with Gasteiger partial charge in [0.2, 0.25) is 0 Å². The average Bonchev–Trinajstić information content (AvgIpc) is 1.99. The summed E-state index contributed by atoms with van der Waals surface area (Å²) in [7, 11) is 0. The molecule has 0 amide bonds. The van der Waals surface area contributed by atoms with Gasteiger partial charge in [0.05, 0.1) is 0 Å². The number of nitrogens with one attached hydrogen (secondary N) is 2. The summed E-state index contributed by atoms with van der Waals surface area (Å²) in [5, 5.41) is 6.88. The predicted octanol–water partition coefficient (Wildman–Crippen LogP) is 2.01. The topological polar surface area (TPSA) is 24.1 Å². The van der Waals surface area contributed by atoms with E-state index in [0.717, 1.165) is 25.6 Å². The van der Waals surface area contributed by atoms with Crippen LogP contribution in [0, 0.1) is 11.3 Å². The van der Waals surface area contributed by atoms with Gasteiger partial charge >= 0.3 is 0 Å². The van der Waals surface area contributed by atoms with E-state index in [0.29, 0.717) is 5.41 Å². The van der Waals surface area contributed by atoms with Crippen LogP contribution in [0.2, 0.25) is 0 Å². The monoisotopic (exact) mass is 198 g/mol. The molecule has 0 spiro atoms. The summed E-state index contributed by atoms with van der Waals surface area (Å²) in [6.45, 7) is 11.4. The minimum atomic E-state index is 0.504. The molecule has 0 aromatic carbocycles. The van der Waals surface area contributed by atoms with Crippen molar-refractivity contribution < 1.29 is 0 Å². The largest absolute Gasteiger partial charge is 0.316 e. The maximum absolute atomic E-state index is 3.55. The van der Waals surface area contributed by atoms with Crippen LogP contribution in [0.4, 0.5) is 0 Å². The van der Waals surface area contributed by atoms with Crippen molar-refractivity contribution in [3.63, 3.8) is 0 Å². The molecular weight excluding hydrogens is 172 g/mol. The number of hydrogen-bond acceptors (Lipinski definition) is 2. The summed E-state index contributed by atoms with van der Waals surface area (Å²) in [6, 6.07) is 0. The van der Waals surface area contributed by atoms with Crippen LogP contribution in [-0.2, 0) is 0 Å². The Labute approximate surface area is 88.8 Å². The Balaban J connectivity index is 2.03. The van der Waals surface area contributed by atoms with E-state index in [1.807, 2.05) is 0 Å². The molecule has 1 rings (SSSR count). The first-order valence-corrected chi connectivity index (χ1v) is 6.08. The zero-order valence-electron chi connectivity index (χ0n) is 10.0. The lowest BCUT2D eigenvalue weighted by Crippen LogP contribution is -2.40. The SMILES string of the molecule is CCNCCNCC(C)(C)C1CCC1. The van der Waals surface area contributed by atoms with Crippen LogP contribution in [0.1, 0.15) is 40.0 Å². The molecule has 1 saturated carbocycles. The van der Waals surface area contributed by atoms with Crippen molar-refractivity contribution in [3.05, 3.63) is 0 Å². The summed E-state index contributed by atoms with van der Waals surface area (Å²) < 4.78 is 0. The van der Waals surface area contributed by atoms with Crippen molar-refractivity contribution in [2.75, 3.05) is 26.2 Å². The van der Waals surface area contributed by atoms with Crippen LogP contribution in [0.5, 0.6) is 0 Å². The first-order chi connectivity index (χ1) is 6.67. The Morgan fingerprint density at radius 3 is 2.29 bits per heavy atom. The van der Waals surface area contributed by atoms with Crippen LogP contribution in [-0.4, -0.2) is 26.2 Å². The third kappa shape index (κ3) is 3.58. The fourth-order valence-electron chi connectivity index (χ4n) is 2.10. The van der Waals surface area contributed by atoms with Gasteiger partial charge < -0.3 is 10.6 Å². The molecule has 0 aliphatic heterocycles. The van der Waals surface area contributed by atoms with Crippen LogP contribution in [0.3, 0.4) is 0 Å². The van der Waals surface area contributed by atoms with Crippen molar-refractivity contribution in [1.29, 1.82) is 0 Å². The lowest BCUT2D eigenvalue weighted by Gasteiger charge is -2.40. The lowest BCUT2D eigenvalue weighted by atomic mass is 9.67. The zero-order valence-corrected chi connectivity index (χ0v) is 10.0. The highest BCUT2D eigenvalue weighted by Gasteiger charge is 2.33. The summed E-state index contributed by atoms with van der Waals surface area (Å²) >= 11 is 0. The molecule has 0 bridgehead atoms. The lowest BCUT2D eigenvalue weighted by molar-refractivity contribution is 0.119. The van der Waals surface area contributed by atoms with Gasteiger partial charge in [-0.2, -0.15) is 0 Å². The maximum Gasteiger partial charge on any atom is 0.00769 e. The molecule has 0 heterocycles. The zero-order chi connectivity index (χ0) is 10.4. The Hall–Kier alpha value is -0.0800. The van der Waals surface area contributed by atoms with Crippen molar-refractivity contribution in [3.8, 4) is 0 Å². The van der Waals surface area contributed by atoms with Gasteiger partial charge in [0, 0.05) is 19.6 Å². The standard InChI is InChI=1S/C12H26N2/c1-4-13-8-9-14-10-12(2,3)11-6-5-7-11/h11,13-14H,4-10H2,1-3H3. The second-order valence-corrected chi connectivity index (χ2v) is 5.15. The fourth-order valence-corrected chi connectivity index (χ4v) is 2.10. The molecule has 14 heavy (non-hydrogen) atoms. The minimum Gasteiger partial charge on any atom is -0.316 e. The summed E-state index contributed by atoms with van der Waals surface area (Å²) in [4.78, 5) is 0. The molecule has 1 aliphatic carbocycles. The van der Waals surface area contributed by atoms with E-state index in [4.69, 9.17) is 0 Å². The van der Waals surface area contributed by atoms with E-state index in [1.165, 1.54) is 25.8 Å². The smallest absolute Gasteiger partial charge is 0.00769 e. The normalized spacial score (nSPS) is 18.2. The number of hydrogen-bond donors (Lipinski definition) is 2. The van der Waals surface area contributed by atoms with Gasteiger partial charge in [0.15, 0.2) is 0 Å². The van der Waals surface area contributed by atoms with E-state index in [9.17, 15) is 0 Å². The van der Waals surface area contributed by atoms with Gasteiger partial charge in [-0.3, -0.25) is 0 Å². The molecule has 2 nitrogen and oxygen atoms in total. The Kier molecular flexibility index (Phi) is 4.90. The highest BCUT2D eigenvalue weighted by atomic mass is 14.9. The molecule has 84 valence electrons. The molecule has 0 aromatic rings. The third-order valence-electron chi connectivity index (χ3n) is 3.52. The van der Waals surface area contributed by atoms with Crippen LogP contribution < -0.4 is 10.6 Å². The van der Waals surface area contributed by atoms with Crippen LogP contribution in [0.25, 0.3) is 0 Å². The Morgan fingerprint density at radius 1 is 1.14 bits per heavy atom. The molecule has 1 fully saturated rings. The summed E-state index contributed by atoms with van der Waals surface area (Å²) in [6.07, 6.45) is 4.34. The van der Waals surface area contributed by atoms with Crippen LogP contribution in [0.15, 0.2) is 0 Å². The van der Waals surface area contributed by atoms with Crippen molar-refractivity contribution >= 4 is 0 Å². The highest BCUT2D eigenvalue weighted by molar-refractivity contribution is 4.85. The van der Waals surface area contributed by atoms with Gasteiger partial charge in [-0.1, -0.05) is 27.2 Å². The van der Waals surface area contributed by atoms with Gasteiger partial charge in [-0.25, -0.2) is 0 Å². The summed E-state index contributed by atoms with van der Waals surface area (Å²) in [5.41, 5.74) is 0.504. The van der Waals surface area contributed by atoms with Gasteiger partial charge in [-0.05, 0) is 30.7 Å². The number of rotatable bonds is 7. The highest BCUT2D eigenvalue weighted by Crippen LogP contribution is 2.40. The molecule has 0 unspecified atom stereocenters. The predicted molar refractivity (Wildman–Crippen MR) is 62.5 cm³/mol. The molecule has 2 heteroatoms. The van der Waals surface area contributed by atoms with E-state index >= 15 is 0 Å². The Bertz CT molecular complexity index is 150. The molecule has 1 aliphatic rings. The van der Waals surface area contributed by atoms with E-state index in [-0.39, 0.29) is 0 Å². The minimum absolute atomic E-state index is 0.504. The van der Waals surface area contributed by atoms with Crippen molar-refractivity contribution in [2.24, 2.45) is 11.3 Å². The van der Waals surface area contributed by atoms with Crippen molar-refractivity contribution in [2.45, 2.75) is 40.0 Å². The number of likely N-dealkylation sites (N-methyl/N-ethyl adjacent to an activating group) is 1. The maximum atomic E-state index is 3.55. The molecular formula is C12H26N2. The molecule has 0 saturated heterocycles. The Morgan fingerprint density at radius 2 is 1.79 bits per heavy atom. The van der Waals surface area contributed by atoms with Crippen molar-refractivity contribution in [1.82, 2.24) is 10.6 Å². The molecule has 0 aromatic heterocycles. The molecule has 0 radical (unpaired) electrons. The van der Waals surface area contributed by atoms with Gasteiger partial charge in [-0.15, -0.1) is 0 Å². The molecule has 2 N–H and O–H groups in total. The second-order valence-electron chi connectivity index (χ2n) is 5.15. The van der Waals surface area contributed by atoms with Gasteiger partial charge in [0.1, 0.15) is 0 Å². The quantitative estimate of drug-likeness (QED) is 0.612. The third-order valence-corrected chi connectivity index (χ3v) is 3.52. The van der Waals surface area contributed by atoms with Gasteiger partial charge in [0.25, 0.3) is 0 Å². The summed E-state index contributed by atoms with van der Waals surface area (Å²) in [5.74, 6) is 0.967. The van der Waals surface area contributed by atoms with E-state index in [2.05, 4.69) is 31.4 Å². The molecule has 0 atom stereocenters. The van der Waals surface area contributed by atoms with Crippen LogP contribution >= 0.6 is 0 Å². The first-order valence-electron chi connectivity index (χ1n) is 6.08. The second kappa shape index (κ2) is 5.72. The average molecular weight is 198 g/mol. The first kappa shape index (κ1) is 12.0. The fraction of sp³-hybridized carbons (Fsp3) is 1.00. The van der Waals surface area contributed by atoms with E-state index in [1.54, 1.807) is 0 Å². The van der Waals surface area contributed by atoms with E-state index < -0.39 is 0 Å².